The Labute approximate surface area is 515 Å². The molecule has 0 unspecified atom stereocenters. The molecule has 0 radical (unpaired) electrons. The molecule has 92 heavy (non-hydrogen) atoms. The first-order valence-corrected chi connectivity index (χ1v) is 35.1. The Balaban J connectivity index is 1.33. The van der Waals surface area contributed by atoms with Gasteiger partial charge in [0.2, 0.25) is 5.91 Å². The molecule has 0 aliphatic heterocycles. The molecular formula is C45H35N11O28S8. The number of carbonyl (C=O) groups excluding carboxylic acids is 1. The van der Waals surface area contributed by atoms with Crippen LogP contribution in [0.4, 0.5) is 62.6 Å². The smallest absolute Gasteiger partial charge is 0.297 e. The fourth-order valence-corrected chi connectivity index (χ4v) is 13.9. The summed E-state index contributed by atoms with van der Waals surface area (Å²) in [6, 6.07) is 8.95. The predicted octanol–water partition coefficient (Wildman–Crippen LogP) is 7.48. The fourth-order valence-electron chi connectivity index (χ4n) is 8.53. The van der Waals surface area contributed by atoms with Crippen molar-refractivity contribution in [2.24, 2.45) is 40.9 Å². The summed E-state index contributed by atoms with van der Waals surface area (Å²) in [6.45, 7) is 1.04. The summed E-state index contributed by atoms with van der Waals surface area (Å²) >= 11 is 0. The number of hydrogen-bond acceptors (Lipinski definition) is 30. The Morgan fingerprint density at radius 3 is 1.18 bits per heavy atom. The van der Waals surface area contributed by atoms with E-state index in [2.05, 4.69) is 51.5 Å². The van der Waals surface area contributed by atoms with Crippen molar-refractivity contribution in [3.8, 4) is 17.2 Å². The lowest BCUT2D eigenvalue weighted by molar-refractivity contribution is -0.114. The molecule has 0 bridgehead atoms. The first-order chi connectivity index (χ1) is 42.1. The third-order valence-corrected chi connectivity index (χ3v) is 19.4. The van der Waals surface area contributed by atoms with E-state index in [9.17, 15) is 124 Å². The van der Waals surface area contributed by atoms with Crippen LogP contribution in [-0.4, -0.2) is 132 Å². The molecule has 39 nitrogen and oxygen atoms in total. The van der Waals surface area contributed by atoms with Gasteiger partial charge in [0.15, 0.2) is 17.2 Å². The van der Waals surface area contributed by atoms with Gasteiger partial charge in [0.1, 0.15) is 84.7 Å². The van der Waals surface area contributed by atoms with Gasteiger partial charge in [0.05, 0.1) is 11.1 Å². The highest BCUT2D eigenvalue weighted by atomic mass is 32.2. The molecule has 0 fully saturated rings. The summed E-state index contributed by atoms with van der Waals surface area (Å²) in [4.78, 5) is 0.673. The highest BCUT2D eigenvalue weighted by molar-refractivity contribution is 7.88. The van der Waals surface area contributed by atoms with E-state index in [1.54, 1.807) is 0 Å². The van der Waals surface area contributed by atoms with Gasteiger partial charge in [0.25, 0.3) is 80.9 Å². The Morgan fingerprint density at radius 1 is 0.370 bits per heavy atom. The quantitative estimate of drug-likeness (QED) is 0.0225. The van der Waals surface area contributed by atoms with Crippen LogP contribution in [0.25, 0.3) is 32.3 Å². The number of amides is 1. The first-order valence-electron chi connectivity index (χ1n) is 23.6. The van der Waals surface area contributed by atoms with Crippen LogP contribution in [0.2, 0.25) is 0 Å². The molecule has 0 saturated carbocycles. The van der Waals surface area contributed by atoms with Gasteiger partial charge >= 0.3 is 0 Å². The molecule has 486 valence electrons. The second kappa shape index (κ2) is 23.7. The van der Waals surface area contributed by atoms with Crippen molar-refractivity contribution in [2.45, 2.75) is 46.1 Å². The van der Waals surface area contributed by atoms with Gasteiger partial charge in [-0.05, 0) is 95.7 Å². The minimum atomic E-state index is -5.85. The van der Waals surface area contributed by atoms with Gasteiger partial charge < -0.3 is 31.7 Å². The van der Waals surface area contributed by atoms with E-state index < -0.39 is 227 Å². The van der Waals surface area contributed by atoms with Gasteiger partial charge in [-0.15, -0.1) is 40.9 Å². The molecule has 0 aliphatic carbocycles. The molecular weight excluding hydrogens is 1400 g/mol. The van der Waals surface area contributed by atoms with Crippen molar-refractivity contribution in [2.75, 3.05) is 23.4 Å². The van der Waals surface area contributed by atoms with Crippen molar-refractivity contribution in [3.63, 3.8) is 0 Å². The third kappa shape index (κ3) is 13.9. The summed E-state index contributed by atoms with van der Waals surface area (Å²) in [5.74, 6) is -5.06. The van der Waals surface area contributed by atoms with Gasteiger partial charge in [-0.3, -0.25) is 41.2 Å². The average molecular weight is 1430 g/mol. The molecule has 15 N–H and O–H groups in total. The van der Waals surface area contributed by atoms with Crippen LogP contribution < -0.4 is 16.4 Å². The van der Waals surface area contributed by atoms with E-state index in [-0.39, 0.29) is 17.4 Å². The minimum absolute atomic E-state index is 0.0896. The number of fused-ring (bicyclic) bond motifs is 3. The maximum absolute atomic E-state index is 13.2. The molecule has 0 heterocycles. The lowest BCUT2D eigenvalue weighted by Crippen LogP contribution is -2.07. The van der Waals surface area contributed by atoms with E-state index >= 15 is 0 Å². The molecule has 8 aromatic rings. The number of nitrogens with one attached hydrogen (secondary N) is 2. The fraction of sp³-hybridized carbons (Fsp3) is 0.0444. The maximum atomic E-state index is 13.2. The molecule has 47 heteroatoms. The zero-order chi connectivity index (χ0) is 68.7. The molecule has 0 atom stereocenters. The Bertz CT molecular complexity index is 5730. The monoisotopic (exact) mass is 1430 g/mol. The number of azo groups is 4. The second-order valence-corrected chi connectivity index (χ2v) is 29.5. The number of phenols is 3. The zero-order valence-corrected chi connectivity index (χ0v) is 51.4. The number of anilines is 3. The number of nitrogens with two attached hydrogens (primary N) is 1. The maximum Gasteiger partial charge on any atom is 0.297 e. The van der Waals surface area contributed by atoms with E-state index in [4.69, 9.17) is 5.73 Å². The van der Waals surface area contributed by atoms with Crippen LogP contribution in [0.15, 0.2) is 165 Å². The zero-order valence-electron chi connectivity index (χ0n) is 44.9. The SMILES string of the molecule is CNc1ccc(N=Nc2c(S(=O)(=O)O)cc3cc(S(=O)(=O)O)c(N=Nc4c(S(=O)(=O)O)cc5cc(S(=O)(=O)O)c(N=Nc6ccc7c(O)c(N=Nc8ccc(NC(C)=O)cc8S(=O)(=O)O)c(S(=O)(=O)O)cc7c6S(=O)(=O)O)c(N)c5c4O)cc3c2O)c(S(=O)(=O)O)c1. The van der Waals surface area contributed by atoms with Crippen LogP contribution >= 0.6 is 0 Å². The highest BCUT2D eigenvalue weighted by Gasteiger charge is 2.33. The van der Waals surface area contributed by atoms with E-state index in [1.165, 1.54) is 13.1 Å². The molecule has 0 saturated heterocycles. The van der Waals surface area contributed by atoms with Crippen molar-refractivity contribution in [1.82, 2.24) is 0 Å². The van der Waals surface area contributed by atoms with E-state index in [0.717, 1.165) is 31.2 Å². The number of hydrogen-bond donors (Lipinski definition) is 14. The third-order valence-electron chi connectivity index (χ3n) is 12.4. The number of nitrogens with zero attached hydrogens (tertiary/aromatic N) is 8. The number of aromatic hydroxyl groups is 3. The number of carbonyl (C=O) groups is 1. The Morgan fingerprint density at radius 2 is 0.728 bits per heavy atom. The highest BCUT2D eigenvalue weighted by Crippen LogP contribution is 2.51. The van der Waals surface area contributed by atoms with Crippen molar-refractivity contribution >= 4 is 182 Å². The van der Waals surface area contributed by atoms with Crippen molar-refractivity contribution in [3.05, 3.63) is 84.9 Å². The van der Waals surface area contributed by atoms with E-state index in [0.29, 0.717) is 48.5 Å². The van der Waals surface area contributed by atoms with E-state index in [1.807, 2.05) is 0 Å². The lowest BCUT2D eigenvalue weighted by atomic mass is 10.0. The Hall–Kier alpha value is -9.31. The summed E-state index contributed by atoms with van der Waals surface area (Å²) < 4.78 is 285. The summed E-state index contributed by atoms with van der Waals surface area (Å²) in [6.07, 6.45) is 0. The number of nitrogen functional groups attached to an aromatic ring is 1. The van der Waals surface area contributed by atoms with Crippen LogP contribution in [0, 0.1) is 0 Å². The summed E-state index contributed by atoms with van der Waals surface area (Å²) in [5, 5.41) is 62.4. The van der Waals surface area contributed by atoms with Gasteiger partial charge in [-0.25, -0.2) is 0 Å². The van der Waals surface area contributed by atoms with Gasteiger partial charge in [-0.1, -0.05) is 0 Å². The molecule has 8 rings (SSSR count). The molecule has 0 aliphatic rings. The van der Waals surface area contributed by atoms with Crippen LogP contribution in [0.3, 0.4) is 0 Å². The largest absolute Gasteiger partial charge is 0.505 e. The molecule has 0 spiro atoms. The van der Waals surface area contributed by atoms with Crippen molar-refractivity contribution < 1.29 is 124 Å². The Kier molecular flexibility index (Phi) is 17.7. The predicted molar refractivity (Wildman–Crippen MR) is 313 cm³/mol. The summed E-state index contributed by atoms with van der Waals surface area (Å²) in [7, 11) is -43.3. The average Bonchev–Trinajstić information content (AvgIpc) is 0.752. The topological polar surface area (TPSA) is 662 Å². The van der Waals surface area contributed by atoms with Crippen molar-refractivity contribution in [1.29, 1.82) is 0 Å². The van der Waals surface area contributed by atoms with Crippen LogP contribution in [0.5, 0.6) is 17.2 Å². The molecule has 8 aromatic carbocycles. The van der Waals surface area contributed by atoms with Crippen LogP contribution in [0.1, 0.15) is 6.92 Å². The lowest BCUT2D eigenvalue weighted by Gasteiger charge is -2.15. The minimum Gasteiger partial charge on any atom is -0.505 e. The normalized spacial score (nSPS) is 13.4. The molecule has 0 aromatic heterocycles. The summed E-state index contributed by atoms with van der Waals surface area (Å²) in [5.41, 5.74) is -4.25. The van der Waals surface area contributed by atoms with Gasteiger partial charge in [0, 0.05) is 41.5 Å². The van der Waals surface area contributed by atoms with Gasteiger partial charge in [-0.2, -0.15) is 67.3 Å². The molecule has 1 amide bonds. The first kappa shape index (κ1) is 68.6. The second-order valence-electron chi connectivity index (χ2n) is 18.4. The number of benzene rings is 8. The number of rotatable bonds is 18. The standard InChI is InChI=1S/C45H35N11O28S8/c1-17(57)48-21-4-7-26(31(14-21)87(67,68)69)50-55-40-35(91(79,80)81)16-24-22(42(40)58)5-8-27(45(24)92(82,83)84)51-53-38-32(88(70,71)72)11-19-12-34(90(76,77)78)41(44(60)36(19)37(38)46)56-52-28-15-23-18(9-29(28)85(61,62)63)10-33(89(73,74)75)39(43(23)59)54-49-25-6-3-20(47-2)13-30(25)86(64,65)66/h3-16,47,58-60H,46H2,1-2H3,(H,48,57)(H,61,62,63)(H,64,65,66)(H,67,68,69)(H,70,71,72)(H,73,74,75)(H,76,77,78)(H,79,80,81)(H,82,83,84). The number of phenolic OH excluding ortho intramolecular Hbond substituents is 3. The van der Waals surface area contributed by atoms with Crippen LogP contribution in [-0.2, 0) is 85.7 Å².